The maximum Gasteiger partial charge on any atom is 0.117 e. The number of amidine groups is 1. The fourth-order valence-corrected chi connectivity index (χ4v) is 0.490. The third-order valence-electron chi connectivity index (χ3n) is 0.718. The van der Waals surface area contributed by atoms with Gasteiger partial charge in [-0.25, -0.2) is 0 Å². The summed E-state index contributed by atoms with van der Waals surface area (Å²) in [5, 5.41) is 0. The average molecular weight is 147 g/mol. The van der Waals surface area contributed by atoms with Gasteiger partial charge in [-0.15, -0.1) is 11.6 Å². The number of aliphatic imine (C=N–C) groups is 1. The Morgan fingerprint density at radius 2 is 2.44 bits per heavy atom. The Hall–Kier alpha value is -0.500. The lowest BCUT2D eigenvalue weighted by molar-refractivity contribution is 1.12. The molecule has 0 aliphatic heterocycles. The molecular weight excluding hydrogens is 136 g/mol. The highest BCUT2D eigenvalue weighted by Gasteiger charge is 1.78. The minimum absolute atomic E-state index is 0.486. The molecule has 52 valence electrons. The molecule has 0 heterocycles. The van der Waals surface area contributed by atoms with Crippen LogP contribution in [0, 0.1) is 0 Å². The molecule has 0 aromatic rings. The van der Waals surface area contributed by atoms with Crippen LogP contribution in [0.5, 0.6) is 0 Å². The lowest BCUT2D eigenvalue weighted by Gasteiger charge is -1.87. The van der Waals surface area contributed by atoms with Crippen molar-refractivity contribution in [3.05, 3.63) is 12.2 Å². The molecule has 0 aliphatic rings. The van der Waals surface area contributed by atoms with E-state index in [1.807, 2.05) is 6.92 Å². The number of hydrogen-bond acceptors (Lipinski definition) is 1. The van der Waals surface area contributed by atoms with Crippen LogP contribution in [0.25, 0.3) is 0 Å². The van der Waals surface area contributed by atoms with Gasteiger partial charge in [-0.05, 0) is 13.0 Å². The molecule has 0 aliphatic carbocycles. The summed E-state index contributed by atoms with van der Waals surface area (Å²) < 4.78 is 0. The average Bonchev–Trinajstić information content (AvgIpc) is 1.85. The van der Waals surface area contributed by atoms with Gasteiger partial charge in [0.15, 0.2) is 0 Å². The van der Waals surface area contributed by atoms with Crippen molar-refractivity contribution in [3.8, 4) is 0 Å². The first-order valence-corrected chi connectivity index (χ1v) is 3.37. The van der Waals surface area contributed by atoms with Crippen molar-refractivity contribution in [1.29, 1.82) is 0 Å². The Morgan fingerprint density at radius 1 is 1.78 bits per heavy atom. The quantitative estimate of drug-likeness (QED) is 0.362. The van der Waals surface area contributed by atoms with Crippen molar-refractivity contribution in [1.82, 2.24) is 0 Å². The van der Waals surface area contributed by atoms with Gasteiger partial charge in [0.25, 0.3) is 0 Å². The topological polar surface area (TPSA) is 38.4 Å². The lowest BCUT2D eigenvalue weighted by atomic mass is 10.5. The molecule has 0 atom stereocenters. The molecule has 0 amide bonds. The van der Waals surface area contributed by atoms with E-state index in [0.717, 1.165) is 6.54 Å². The molecule has 2 nitrogen and oxygen atoms in total. The molecule has 0 spiro atoms. The van der Waals surface area contributed by atoms with Crippen LogP contribution in [0.2, 0.25) is 0 Å². The zero-order chi connectivity index (χ0) is 7.11. The van der Waals surface area contributed by atoms with Gasteiger partial charge in [0, 0.05) is 12.4 Å². The molecule has 0 fully saturated rings. The molecule has 0 bridgehead atoms. The molecule has 9 heavy (non-hydrogen) atoms. The summed E-state index contributed by atoms with van der Waals surface area (Å²) in [6.45, 7) is 2.65. The minimum atomic E-state index is 0.486. The normalized spacial score (nSPS) is 12.9. The van der Waals surface area contributed by atoms with E-state index in [4.69, 9.17) is 17.3 Å². The molecule has 2 N–H and O–H groups in total. The van der Waals surface area contributed by atoms with Crippen LogP contribution in [0.4, 0.5) is 0 Å². The molecule has 0 aromatic heterocycles. The largest absolute Gasteiger partial charge is 0.384 e. The number of nitrogens with zero attached hydrogens (tertiary/aromatic N) is 1. The van der Waals surface area contributed by atoms with E-state index >= 15 is 0 Å². The molecule has 0 aromatic carbocycles. The second kappa shape index (κ2) is 5.63. The zero-order valence-corrected chi connectivity index (χ0v) is 6.23. The summed E-state index contributed by atoms with van der Waals surface area (Å²) in [7, 11) is 0. The number of rotatable bonds is 3. The van der Waals surface area contributed by atoms with E-state index in [1.54, 1.807) is 12.2 Å². The monoisotopic (exact) mass is 146 g/mol. The Morgan fingerprint density at radius 3 is 2.89 bits per heavy atom. The van der Waals surface area contributed by atoms with Crippen molar-refractivity contribution < 1.29 is 0 Å². The standard InChI is InChI=1S/C6H11ClN2/c1-2-9-6(8)4-3-5-7/h3-4H,2,5H2,1H3,(H2,8,9)/b4-3-. The molecule has 0 rings (SSSR count). The fourth-order valence-electron chi connectivity index (χ4n) is 0.401. The third-order valence-corrected chi connectivity index (χ3v) is 0.897. The highest BCUT2D eigenvalue weighted by atomic mass is 35.5. The lowest BCUT2D eigenvalue weighted by Crippen LogP contribution is -2.07. The van der Waals surface area contributed by atoms with Gasteiger partial charge in [-0.2, -0.15) is 0 Å². The van der Waals surface area contributed by atoms with Crippen LogP contribution >= 0.6 is 11.6 Å². The van der Waals surface area contributed by atoms with Gasteiger partial charge in [-0.3, -0.25) is 4.99 Å². The van der Waals surface area contributed by atoms with Crippen LogP contribution < -0.4 is 5.73 Å². The maximum absolute atomic E-state index is 5.37. The molecule has 0 saturated heterocycles. The predicted molar refractivity (Wildman–Crippen MR) is 42.0 cm³/mol. The molecule has 0 saturated carbocycles. The van der Waals surface area contributed by atoms with Gasteiger partial charge in [-0.1, -0.05) is 6.08 Å². The van der Waals surface area contributed by atoms with Crippen molar-refractivity contribution >= 4 is 17.4 Å². The van der Waals surface area contributed by atoms with Crippen LogP contribution in [-0.2, 0) is 0 Å². The van der Waals surface area contributed by atoms with E-state index < -0.39 is 0 Å². The van der Waals surface area contributed by atoms with Crippen molar-refractivity contribution in [3.63, 3.8) is 0 Å². The first kappa shape index (κ1) is 8.50. The SMILES string of the molecule is CC/N=C(N)\C=C/CCl. The first-order chi connectivity index (χ1) is 4.31. The molecule has 3 heteroatoms. The molecule has 0 radical (unpaired) electrons. The van der Waals surface area contributed by atoms with Crippen molar-refractivity contribution in [2.75, 3.05) is 12.4 Å². The number of halogens is 1. The number of alkyl halides is 1. The number of allylic oxidation sites excluding steroid dienone is 1. The summed E-state index contributed by atoms with van der Waals surface area (Å²) in [6.07, 6.45) is 3.46. The second-order valence-corrected chi connectivity index (χ2v) is 1.76. The Kier molecular flexibility index (Phi) is 5.32. The van der Waals surface area contributed by atoms with E-state index in [9.17, 15) is 0 Å². The summed E-state index contributed by atoms with van der Waals surface area (Å²) in [5.41, 5.74) is 5.37. The van der Waals surface area contributed by atoms with E-state index in [-0.39, 0.29) is 0 Å². The summed E-state index contributed by atoms with van der Waals surface area (Å²) in [5.74, 6) is 1.03. The first-order valence-electron chi connectivity index (χ1n) is 2.83. The Balaban J connectivity index is 3.60. The fraction of sp³-hybridized carbons (Fsp3) is 0.500. The van der Waals surface area contributed by atoms with Crippen LogP contribution in [0.15, 0.2) is 17.1 Å². The smallest absolute Gasteiger partial charge is 0.117 e. The van der Waals surface area contributed by atoms with E-state index in [0.29, 0.717) is 11.7 Å². The van der Waals surface area contributed by atoms with Gasteiger partial charge >= 0.3 is 0 Å². The summed E-state index contributed by atoms with van der Waals surface area (Å²) in [6, 6.07) is 0. The van der Waals surface area contributed by atoms with Crippen LogP contribution in [0.3, 0.4) is 0 Å². The van der Waals surface area contributed by atoms with Gasteiger partial charge in [0.2, 0.25) is 0 Å². The summed E-state index contributed by atoms with van der Waals surface area (Å²) >= 11 is 5.35. The Labute approximate surface area is 60.4 Å². The number of nitrogens with two attached hydrogens (primary N) is 1. The predicted octanol–water partition coefficient (Wildman–Crippen LogP) is 1.16. The maximum atomic E-state index is 5.37. The van der Waals surface area contributed by atoms with Gasteiger partial charge < -0.3 is 5.73 Å². The van der Waals surface area contributed by atoms with Crippen LogP contribution in [-0.4, -0.2) is 18.3 Å². The summed E-state index contributed by atoms with van der Waals surface area (Å²) in [4.78, 5) is 3.91. The molecular formula is C6H11ClN2. The minimum Gasteiger partial charge on any atom is -0.384 e. The zero-order valence-electron chi connectivity index (χ0n) is 5.47. The van der Waals surface area contributed by atoms with Gasteiger partial charge in [0.05, 0.1) is 0 Å². The highest BCUT2D eigenvalue weighted by Crippen LogP contribution is 1.78. The molecule has 0 unspecified atom stereocenters. The second-order valence-electron chi connectivity index (χ2n) is 1.46. The van der Waals surface area contributed by atoms with Gasteiger partial charge in [0.1, 0.15) is 5.84 Å². The Bertz CT molecular complexity index is 118. The van der Waals surface area contributed by atoms with E-state index in [1.165, 1.54) is 0 Å². The van der Waals surface area contributed by atoms with Crippen molar-refractivity contribution in [2.24, 2.45) is 10.7 Å². The van der Waals surface area contributed by atoms with Crippen LogP contribution in [0.1, 0.15) is 6.92 Å². The van der Waals surface area contributed by atoms with Crippen molar-refractivity contribution in [2.45, 2.75) is 6.92 Å². The highest BCUT2D eigenvalue weighted by molar-refractivity contribution is 6.19. The number of hydrogen-bond donors (Lipinski definition) is 1. The third kappa shape index (κ3) is 5.37. The van der Waals surface area contributed by atoms with E-state index in [2.05, 4.69) is 4.99 Å².